The largest absolute Gasteiger partial charge is 0.375 e. The SMILES string of the molecule is CN=C(NCc1ccc(N2CCOC(C)C2)nc1)NCc1ccccn1. The summed E-state index contributed by atoms with van der Waals surface area (Å²) in [6, 6.07) is 10.0. The van der Waals surface area contributed by atoms with Crippen LogP contribution in [0.1, 0.15) is 18.2 Å². The molecule has 2 aromatic rings. The Hall–Kier alpha value is -2.67. The first-order chi connectivity index (χ1) is 12.7. The number of nitrogens with zero attached hydrogens (tertiary/aromatic N) is 4. The molecule has 0 bridgehead atoms. The molecule has 0 radical (unpaired) electrons. The van der Waals surface area contributed by atoms with Crippen LogP contribution < -0.4 is 15.5 Å². The molecule has 0 amide bonds. The van der Waals surface area contributed by atoms with Gasteiger partial charge in [-0.15, -0.1) is 0 Å². The fraction of sp³-hybridized carbons (Fsp3) is 0.421. The molecule has 1 saturated heterocycles. The van der Waals surface area contributed by atoms with Gasteiger partial charge in [0, 0.05) is 39.1 Å². The zero-order valence-electron chi connectivity index (χ0n) is 15.4. The summed E-state index contributed by atoms with van der Waals surface area (Å²) in [5.41, 5.74) is 2.08. The lowest BCUT2D eigenvalue weighted by Crippen LogP contribution is -2.41. The van der Waals surface area contributed by atoms with Crippen LogP contribution in [0.3, 0.4) is 0 Å². The third-order valence-corrected chi connectivity index (χ3v) is 4.22. The summed E-state index contributed by atoms with van der Waals surface area (Å²) in [6.45, 7) is 5.91. The van der Waals surface area contributed by atoms with Crippen LogP contribution in [-0.4, -0.2) is 48.8 Å². The van der Waals surface area contributed by atoms with E-state index in [-0.39, 0.29) is 6.10 Å². The highest BCUT2D eigenvalue weighted by Gasteiger charge is 2.17. The van der Waals surface area contributed by atoms with E-state index in [0.717, 1.165) is 42.7 Å². The van der Waals surface area contributed by atoms with Gasteiger partial charge in [-0.1, -0.05) is 12.1 Å². The van der Waals surface area contributed by atoms with Crippen molar-refractivity contribution in [3.8, 4) is 0 Å². The third kappa shape index (κ3) is 5.16. The van der Waals surface area contributed by atoms with Gasteiger partial charge in [-0.25, -0.2) is 4.98 Å². The van der Waals surface area contributed by atoms with E-state index >= 15 is 0 Å². The molecular formula is C19H26N6O. The number of hydrogen-bond donors (Lipinski definition) is 2. The summed E-state index contributed by atoms with van der Waals surface area (Å²) in [5, 5.41) is 6.56. The second-order valence-electron chi connectivity index (χ2n) is 6.25. The number of nitrogens with one attached hydrogen (secondary N) is 2. The summed E-state index contributed by atoms with van der Waals surface area (Å²) in [6.07, 6.45) is 3.95. The molecule has 3 heterocycles. The van der Waals surface area contributed by atoms with Crippen LogP contribution in [0, 0.1) is 0 Å². The average Bonchev–Trinajstić information content (AvgIpc) is 2.69. The zero-order chi connectivity index (χ0) is 18.2. The molecule has 0 spiro atoms. The molecule has 138 valence electrons. The normalized spacial score (nSPS) is 17.8. The number of ether oxygens (including phenoxy) is 1. The predicted molar refractivity (Wildman–Crippen MR) is 103 cm³/mol. The predicted octanol–water partition coefficient (Wildman–Crippen LogP) is 1.57. The Morgan fingerprint density at radius 3 is 2.81 bits per heavy atom. The third-order valence-electron chi connectivity index (χ3n) is 4.22. The van der Waals surface area contributed by atoms with Gasteiger partial charge >= 0.3 is 0 Å². The van der Waals surface area contributed by atoms with Gasteiger partial charge in [0.15, 0.2) is 5.96 Å². The first-order valence-corrected chi connectivity index (χ1v) is 8.90. The van der Waals surface area contributed by atoms with E-state index in [0.29, 0.717) is 13.1 Å². The standard InChI is InChI=1S/C19H26N6O/c1-15-14-25(9-10-26-15)18-7-6-16(11-22-18)12-23-19(20-2)24-13-17-5-3-4-8-21-17/h3-8,11,15H,9-10,12-14H2,1-2H3,(H2,20,23,24). The number of pyridine rings is 2. The summed E-state index contributed by atoms with van der Waals surface area (Å²) >= 11 is 0. The van der Waals surface area contributed by atoms with Gasteiger partial charge in [0.2, 0.25) is 0 Å². The quantitative estimate of drug-likeness (QED) is 0.627. The molecule has 7 heteroatoms. The lowest BCUT2D eigenvalue weighted by molar-refractivity contribution is 0.0529. The van der Waals surface area contributed by atoms with Gasteiger partial charge in [-0.2, -0.15) is 0 Å². The molecule has 1 atom stereocenters. The van der Waals surface area contributed by atoms with E-state index in [4.69, 9.17) is 4.74 Å². The highest BCUT2D eigenvalue weighted by molar-refractivity contribution is 5.79. The van der Waals surface area contributed by atoms with Gasteiger partial charge in [0.25, 0.3) is 0 Å². The number of hydrogen-bond acceptors (Lipinski definition) is 5. The van der Waals surface area contributed by atoms with Gasteiger partial charge in [-0.05, 0) is 30.7 Å². The highest BCUT2D eigenvalue weighted by atomic mass is 16.5. The van der Waals surface area contributed by atoms with E-state index in [1.54, 1.807) is 13.2 Å². The van der Waals surface area contributed by atoms with Crippen molar-refractivity contribution in [2.24, 2.45) is 4.99 Å². The number of guanidine groups is 1. The van der Waals surface area contributed by atoms with Crippen LogP contribution in [0.4, 0.5) is 5.82 Å². The van der Waals surface area contributed by atoms with Crippen LogP contribution in [0.25, 0.3) is 0 Å². The van der Waals surface area contributed by atoms with Crippen LogP contribution in [0.2, 0.25) is 0 Å². The molecule has 2 aromatic heterocycles. The Morgan fingerprint density at radius 1 is 1.23 bits per heavy atom. The first kappa shape index (κ1) is 18.1. The zero-order valence-corrected chi connectivity index (χ0v) is 15.4. The highest BCUT2D eigenvalue weighted by Crippen LogP contribution is 2.15. The minimum Gasteiger partial charge on any atom is -0.375 e. The fourth-order valence-corrected chi connectivity index (χ4v) is 2.82. The molecule has 0 saturated carbocycles. The van der Waals surface area contributed by atoms with Crippen molar-refractivity contribution in [3.63, 3.8) is 0 Å². The number of anilines is 1. The van der Waals surface area contributed by atoms with Crippen molar-refractivity contribution in [1.29, 1.82) is 0 Å². The molecular weight excluding hydrogens is 328 g/mol. The fourth-order valence-electron chi connectivity index (χ4n) is 2.82. The maximum absolute atomic E-state index is 5.58. The van der Waals surface area contributed by atoms with Crippen molar-refractivity contribution in [2.75, 3.05) is 31.6 Å². The Labute approximate surface area is 154 Å². The minimum absolute atomic E-state index is 0.250. The smallest absolute Gasteiger partial charge is 0.191 e. The monoisotopic (exact) mass is 354 g/mol. The van der Waals surface area contributed by atoms with E-state index in [1.165, 1.54) is 0 Å². The van der Waals surface area contributed by atoms with E-state index < -0.39 is 0 Å². The van der Waals surface area contributed by atoms with Gasteiger partial charge < -0.3 is 20.3 Å². The van der Waals surface area contributed by atoms with E-state index in [1.807, 2.05) is 24.4 Å². The molecule has 1 unspecified atom stereocenters. The number of rotatable bonds is 5. The number of aromatic nitrogens is 2. The Kier molecular flexibility index (Phi) is 6.38. The van der Waals surface area contributed by atoms with E-state index in [9.17, 15) is 0 Å². The van der Waals surface area contributed by atoms with Crippen LogP contribution in [0.5, 0.6) is 0 Å². The van der Waals surface area contributed by atoms with Crippen molar-refractivity contribution in [1.82, 2.24) is 20.6 Å². The van der Waals surface area contributed by atoms with Crippen molar-refractivity contribution < 1.29 is 4.74 Å². The Morgan fingerprint density at radius 2 is 2.12 bits per heavy atom. The average molecular weight is 354 g/mol. The molecule has 1 aliphatic rings. The minimum atomic E-state index is 0.250. The lowest BCUT2D eigenvalue weighted by Gasteiger charge is -2.32. The second-order valence-corrected chi connectivity index (χ2v) is 6.25. The summed E-state index contributed by atoms with van der Waals surface area (Å²) in [5.74, 6) is 1.74. The molecule has 7 nitrogen and oxygen atoms in total. The van der Waals surface area contributed by atoms with E-state index in [2.05, 4.69) is 49.6 Å². The van der Waals surface area contributed by atoms with Gasteiger partial charge in [-0.3, -0.25) is 9.98 Å². The van der Waals surface area contributed by atoms with Crippen molar-refractivity contribution in [2.45, 2.75) is 26.1 Å². The van der Waals surface area contributed by atoms with Crippen LogP contribution >= 0.6 is 0 Å². The molecule has 3 rings (SSSR count). The number of aliphatic imine (C=N–C) groups is 1. The summed E-state index contributed by atoms with van der Waals surface area (Å²) in [7, 11) is 1.76. The molecule has 2 N–H and O–H groups in total. The summed E-state index contributed by atoms with van der Waals surface area (Å²) < 4.78 is 5.58. The maximum atomic E-state index is 5.58. The molecule has 26 heavy (non-hydrogen) atoms. The second kappa shape index (κ2) is 9.15. The first-order valence-electron chi connectivity index (χ1n) is 8.90. The molecule has 0 aromatic carbocycles. The summed E-state index contributed by atoms with van der Waals surface area (Å²) in [4.78, 5) is 15.4. The van der Waals surface area contributed by atoms with Crippen LogP contribution in [0.15, 0.2) is 47.7 Å². The number of morpholine rings is 1. The Balaban J connectivity index is 1.49. The van der Waals surface area contributed by atoms with Crippen molar-refractivity contribution >= 4 is 11.8 Å². The maximum Gasteiger partial charge on any atom is 0.191 e. The lowest BCUT2D eigenvalue weighted by atomic mass is 10.2. The van der Waals surface area contributed by atoms with Gasteiger partial charge in [0.1, 0.15) is 5.82 Å². The van der Waals surface area contributed by atoms with Crippen LogP contribution in [-0.2, 0) is 17.8 Å². The molecule has 1 fully saturated rings. The molecule has 0 aliphatic carbocycles. The Bertz CT molecular complexity index is 704. The van der Waals surface area contributed by atoms with Gasteiger partial charge in [0.05, 0.1) is 24.9 Å². The molecule has 1 aliphatic heterocycles. The topological polar surface area (TPSA) is 74.7 Å². The van der Waals surface area contributed by atoms with Crippen molar-refractivity contribution in [3.05, 3.63) is 54.0 Å².